The highest BCUT2D eigenvalue weighted by Gasteiger charge is 2.33. The van der Waals surface area contributed by atoms with Crippen molar-refractivity contribution in [3.8, 4) is 0 Å². The van der Waals surface area contributed by atoms with Gasteiger partial charge < -0.3 is 15.2 Å². The fraction of sp³-hybridized carbons (Fsp3) is 0.750. The van der Waals surface area contributed by atoms with Crippen molar-refractivity contribution in [1.82, 2.24) is 15.0 Å². The second-order valence-corrected chi connectivity index (χ2v) is 6.40. The Morgan fingerprint density at radius 3 is 2.68 bits per heavy atom. The first kappa shape index (κ1) is 16.0. The van der Waals surface area contributed by atoms with E-state index < -0.39 is 6.04 Å². The smallest absolute Gasteiger partial charge is 0.241 e. The highest BCUT2D eigenvalue weighted by Crippen LogP contribution is 2.25. The highest BCUT2D eigenvalue weighted by atomic mass is 32.2. The number of rotatable bonds is 6. The van der Waals surface area contributed by atoms with Crippen LogP contribution in [0, 0.1) is 0 Å². The van der Waals surface area contributed by atoms with Crippen molar-refractivity contribution in [3.63, 3.8) is 0 Å². The molecule has 1 rings (SSSR count). The first-order chi connectivity index (χ1) is 8.81. The van der Waals surface area contributed by atoms with E-state index in [0.717, 1.165) is 0 Å². The van der Waals surface area contributed by atoms with E-state index in [1.165, 1.54) is 4.90 Å². The van der Waals surface area contributed by atoms with E-state index in [9.17, 15) is 4.79 Å². The van der Waals surface area contributed by atoms with Crippen LogP contribution in [0.15, 0.2) is 4.52 Å². The molecule has 0 aliphatic carbocycles. The normalized spacial score (nSPS) is 13.4. The average molecular weight is 286 g/mol. The van der Waals surface area contributed by atoms with E-state index in [-0.39, 0.29) is 10.7 Å². The van der Waals surface area contributed by atoms with Crippen LogP contribution >= 0.6 is 11.8 Å². The third-order valence-electron chi connectivity index (χ3n) is 3.11. The van der Waals surface area contributed by atoms with Gasteiger partial charge in [0.1, 0.15) is 0 Å². The van der Waals surface area contributed by atoms with Crippen molar-refractivity contribution in [2.24, 2.45) is 5.73 Å². The number of hydrogen-bond donors (Lipinski definition) is 1. The van der Waals surface area contributed by atoms with Crippen molar-refractivity contribution in [1.29, 1.82) is 0 Å². The fourth-order valence-electron chi connectivity index (χ4n) is 1.45. The SMILES string of the molecule is CCc1nc(CN(C)C(=O)[C@@H](N)C(C)(C)SC)no1. The van der Waals surface area contributed by atoms with E-state index in [1.54, 1.807) is 18.8 Å². The van der Waals surface area contributed by atoms with E-state index >= 15 is 0 Å². The summed E-state index contributed by atoms with van der Waals surface area (Å²) in [6.07, 6.45) is 2.63. The lowest BCUT2D eigenvalue weighted by Crippen LogP contribution is -2.52. The molecule has 0 radical (unpaired) electrons. The number of thioether (sulfide) groups is 1. The van der Waals surface area contributed by atoms with Crippen LogP contribution in [0.5, 0.6) is 0 Å². The van der Waals surface area contributed by atoms with Gasteiger partial charge in [0, 0.05) is 18.2 Å². The number of carbonyl (C=O) groups is 1. The van der Waals surface area contributed by atoms with E-state index in [2.05, 4.69) is 10.1 Å². The lowest BCUT2D eigenvalue weighted by Gasteiger charge is -2.31. The number of amides is 1. The molecule has 7 heteroatoms. The zero-order chi connectivity index (χ0) is 14.6. The Morgan fingerprint density at radius 2 is 2.21 bits per heavy atom. The fourth-order valence-corrected chi connectivity index (χ4v) is 1.80. The van der Waals surface area contributed by atoms with Gasteiger partial charge in [-0.05, 0) is 20.1 Å². The van der Waals surface area contributed by atoms with Crippen molar-refractivity contribution in [2.75, 3.05) is 13.3 Å². The second-order valence-electron chi connectivity index (χ2n) is 4.94. The zero-order valence-corrected chi connectivity index (χ0v) is 13.0. The van der Waals surface area contributed by atoms with Crippen molar-refractivity contribution >= 4 is 17.7 Å². The van der Waals surface area contributed by atoms with Gasteiger partial charge in [-0.2, -0.15) is 16.7 Å². The minimum atomic E-state index is -0.565. The van der Waals surface area contributed by atoms with E-state index in [1.807, 2.05) is 27.0 Å². The minimum Gasteiger partial charge on any atom is -0.339 e. The van der Waals surface area contributed by atoms with Crippen molar-refractivity contribution in [2.45, 2.75) is 44.5 Å². The molecule has 1 amide bonds. The molecule has 0 spiro atoms. The number of carbonyl (C=O) groups excluding carboxylic acids is 1. The summed E-state index contributed by atoms with van der Waals surface area (Å²) in [5, 5.41) is 3.83. The molecule has 1 aromatic rings. The number of nitrogens with zero attached hydrogens (tertiary/aromatic N) is 3. The zero-order valence-electron chi connectivity index (χ0n) is 12.1. The molecular weight excluding hydrogens is 264 g/mol. The average Bonchev–Trinajstić information content (AvgIpc) is 2.84. The summed E-state index contributed by atoms with van der Waals surface area (Å²) < 4.78 is 4.70. The van der Waals surface area contributed by atoms with Gasteiger partial charge in [-0.1, -0.05) is 12.1 Å². The maximum absolute atomic E-state index is 12.2. The summed E-state index contributed by atoms with van der Waals surface area (Å²) in [5.74, 6) is 0.952. The van der Waals surface area contributed by atoms with Gasteiger partial charge in [0.05, 0.1) is 12.6 Å². The number of likely N-dealkylation sites (N-methyl/N-ethyl adjacent to an activating group) is 1. The molecule has 0 aromatic carbocycles. The molecule has 19 heavy (non-hydrogen) atoms. The Kier molecular flexibility index (Phi) is 5.37. The number of hydrogen-bond acceptors (Lipinski definition) is 6. The van der Waals surface area contributed by atoms with Gasteiger partial charge in [-0.3, -0.25) is 4.79 Å². The van der Waals surface area contributed by atoms with Crippen LogP contribution in [-0.4, -0.2) is 45.0 Å². The lowest BCUT2D eigenvalue weighted by atomic mass is 10.0. The summed E-state index contributed by atoms with van der Waals surface area (Å²) in [7, 11) is 1.70. The van der Waals surface area contributed by atoms with E-state index in [0.29, 0.717) is 24.7 Å². The van der Waals surface area contributed by atoms with Crippen LogP contribution in [-0.2, 0) is 17.8 Å². The number of aromatic nitrogens is 2. The monoisotopic (exact) mass is 286 g/mol. The molecule has 108 valence electrons. The third-order valence-corrected chi connectivity index (χ3v) is 4.41. The summed E-state index contributed by atoms with van der Waals surface area (Å²) in [6, 6.07) is -0.565. The second kappa shape index (κ2) is 6.38. The first-order valence-corrected chi connectivity index (χ1v) is 7.41. The molecule has 0 fully saturated rings. The van der Waals surface area contributed by atoms with Crippen LogP contribution in [0.4, 0.5) is 0 Å². The van der Waals surface area contributed by atoms with Gasteiger partial charge in [0.25, 0.3) is 0 Å². The maximum atomic E-state index is 12.2. The number of nitrogens with two attached hydrogens (primary N) is 1. The molecule has 0 saturated carbocycles. The Balaban J connectivity index is 2.67. The van der Waals surface area contributed by atoms with Crippen LogP contribution in [0.2, 0.25) is 0 Å². The van der Waals surface area contributed by atoms with Crippen LogP contribution < -0.4 is 5.73 Å². The van der Waals surface area contributed by atoms with Crippen LogP contribution in [0.25, 0.3) is 0 Å². The summed E-state index contributed by atoms with van der Waals surface area (Å²) >= 11 is 1.57. The summed E-state index contributed by atoms with van der Waals surface area (Å²) in [4.78, 5) is 17.9. The minimum absolute atomic E-state index is 0.123. The molecular formula is C12H22N4O2S. The van der Waals surface area contributed by atoms with Gasteiger partial charge in [-0.15, -0.1) is 0 Å². The highest BCUT2D eigenvalue weighted by molar-refractivity contribution is 8.00. The molecule has 1 heterocycles. The summed E-state index contributed by atoms with van der Waals surface area (Å²) in [5.41, 5.74) is 6.02. The Morgan fingerprint density at radius 1 is 1.58 bits per heavy atom. The largest absolute Gasteiger partial charge is 0.339 e. The van der Waals surface area contributed by atoms with Crippen molar-refractivity contribution in [3.05, 3.63) is 11.7 Å². The van der Waals surface area contributed by atoms with Gasteiger partial charge >= 0.3 is 0 Å². The molecule has 2 N–H and O–H groups in total. The van der Waals surface area contributed by atoms with E-state index in [4.69, 9.17) is 10.3 Å². The Labute approximate surface area is 118 Å². The predicted molar refractivity (Wildman–Crippen MR) is 75.7 cm³/mol. The lowest BCUT2D eigenvalue weighted by molar-refractivity contribution is -0.132. The molecule has 0 bridgehead atoms. The molecule has 1 aromatic heterocycles. The standard InChI is InChI=1S/C12H22N4O2S/c1-6-9-14-8(15-18-9)7-16(4)11(17)10(13)12(2,3)19-5/h10H,6-7,13H2,1-5H3/t10-/m1/s1. The molecule has 0 aliphatic heterocycles. The van der Waals surface area contributed by atoms with Gasteiger partial charge in [0.2, 0.25) is 11.8 Å². The molecule has 0 unspecified atom stereocenters. The predicted octanol–water partition coefficient (Wildman–Crippen LogP) is 1.06. The number of aryl methyl sites for hydroxylation is 1. The van der Waals surface area contributed by atoms with Gasteiger partial charge in [-0.25, -0.2) is 0 Å². The quantitative estimate of drug-likeness (QED) is 0.841. The van der Waals surface area contributed by atoms with Crippen LogP contribution in [0.3, 0.4) is 0 Å². The van der Waals surface area contributed by atoms with Gasteiger partial charge in [0.15, 0.2) is 5.82 Å². The topological polar surface area (TPSA) is 85.2 Å². The molecule has 0 saturated heterocycles. The maximum Gasteiger partial charge on any atom is 0.241 e. The summed E-state index contributed by atoms with van der Waals surface area (Å²) in [6.45, 7) is 6.15. The molecule has 0 aliphatic rings. The third kappa shape index (κ3) is 3.94. The molecule has 6 nitrogen and oxygen atoms in total. The Hall–Kier alpha value is -1.08. The molecule has 1 atom stereocenters. The Bertz CT molecular complexity index is 433. The van der Waals surface area contributed by atoms with Crippen LogP contribution in [0.1, 0.15) is 32.5 Å². The van der Waals surface area contributed by atoms with Crippen molar-refractivity contribution < 1.29 is 9.32 Å². The first-order valence-electron chi connectivity index (χ1n) is 6.19.